The van der Waals surface area contributed by atoms with Crippen molar-refractivity contribution in [1.29, 1.82) is 0 Å². The molecule has 5 N–H and O–H groups in total. The number of aliphatic carboxylic acids is 1. The minimum atomic E-state index is -0.988. The van der Waals surface area contributed by atoms with Crippen molar-refractivity contribution < 1.29 is 15.1 Å². The van der Waals surface area contributed by atoms with E-state index < -0.39 is 12.0 Å². The Balaban J connectivity index is 4.18. The molecule has 0 radical (unpaired) electrons. The second-order valence-corrected chi connectivity index (χ2v) is 5.34. The Hall–Kier alpha value is -1.10. The quantitative estimate of drug-likeness (QED) is 0.127. The molecule has 0 aliphatic rings. The number of nitrogens with two attached hydrogens (primary N) is 1. The number of nitrogens with zero attached hydrogens (tertiary/aromatic N) is 3. The van der Waals surface area contributed by atoms with Gasteiger partial charge < -0.3 is 10.8 Å². The van der Waals surface area contributed by atoms with E-state index in [1.54, 1.807) is 14.0 Å². The fraction of sp³-hybridized carbons (Fsp3) is 0.700. The molecule has 0 bridgehead atoms. The maximum atomic E-state index is 11.0. The SMILES string of the molecule is CC(=NCCCC[C@H](N=C(N)N(C)I)C(=O)O)NO. The number of guanidine groups is 1. The molecule has 0 fully saturated rings. The van der Waals surface area contributed by atoms with Gasteiger partial charge in [-0.25, -0.2) is 9.79 Å². The fourth-order valence-corrected chi connectivity index (χ4v) is 1.34. The summed E-state index contributed by atoms with van der Waals surface area (Å²) in [5.74, 6) is -0.368. The van der Waals surface area contributed by atoms with Crippen LogP contribution in [0.3, 0.4) is 0 Å². The van der Waals surface area contributed by atoms with Crippen molar-refractivity contribution in [2.24, 2.45) is 15.7 Å². The number of rotatable bonds is 7. The van der Waals surface area contributed by atoms with Crippen LogP contribution in [-0.4, -0.2) is 50.8 Å². The topological polar surface area (TPSA) is 124 Å². The van der Waals surface area contributed by atoms with Gasteiger partial charge in [-0.15, -0.1) is 0 Å². The Morgan fingerprint density at radius 1 is 1.53 bits per heavy atom. The Bertz CT molecular complexity index is 346. The minimum Gasteiger partial charge on any atom is -0.480 e. The molecule has 19 heavy (non-hydrogen) atoms. The Labute approximate surface area is 126 Å². The highest BCUT2D eigenvalue weighted by molar-refractivity contribution is 14.1. The molecule has 0 saturated carbocycles. The highest BCUT2D eigenvalue weighted by Gasteiger charge is 2.16. The zero-order valence-electron chi connectivity index (χ0n) is 11.0. The third-order valence-corrected chi connectivity index (χ3v) is 2.78. The third kappa shape index (κ3) is 8.59. The van der Waals surface area contributed by atoms with Crippen LogP contribution in [0, 0.1) is 0 Å². The predicted octanol–water partition coefficient (Wildman–Crippen LogP) is 0.604. The largest absolute Gasteiger partial charge is 0.480 e. The minimum absolute atomic E-state index is 0.186. The Morgan fingerprint density at radius 3 is 2.63 bits per heavy atom. The number of carboxylic acids is 1. The second kappa shape index (κ2) is 9.78. The molecule has 0 aromatic rings. The average Bonchev–Trinajstić information content (AvgIpc) is 2.35. The summed E-state index contributed by atoms with van der Waals surface area (Å²) in [5.41, 5.74) is 7.52. The number of carboxylic acid groups (broad SMARTS) is 1. The molecule has 0 aliphatic heterocycles. The summed E-state index contributed by atoms with van der Waals surface area (Å²) in [6, 6.07) is -0.835. The van der Waals surface area contributed by atoms with E-state index in [0.29, 0.717) is 25.2 Å². The molecule has 0 aliphatic carbocycles. The number of hydrogen-bond donors (Lipinski definition) is 4. The van der Waals surface area contributed by atoms with Gasteiger partial charge in [0.05, 0.1) is 22.9 Å². The predicted molar refractivity (Wildman–Crippen MR) is 81.6 cm³/mol. The van der Waals surface area contributed by atoms with E-state index in [1.807, 2.05) is 28.3 Å². The molecule has 9 heteroatoms. The first-order valence-electron chi connectivity index (χ1n) is 5.75. The summed E-state index contributed by atoms with van der Waals surface area (Å²) in [6.07, 6.45) is 1.79. The van der Waals surface area contributed by atoms with Crippen molar-refractivity contribution in [3.05, 3.63) is 0 Å². The summed E-state index contributed by atoms with van der Waals surface area (Å²) in [7, 11) is 1.69. The molecule has 0 heterocycles. The maximum Gasteiger partial charge on any atom is 0.328 e. The molecular formula is C10H20IN5O3. The van der Waals surface area contributed by atoms with Crippen molar-refractivity contribution >= 4 is 40.6 Å². The number of hydroxylamine groups is 1. The zero-order valence-corrected chi connectivity index (χ0v) is 13.2. The van der Waals surface area contributed by atoms with Gasteiger partial charge in [-0.2, -0.15) is 0 Å². The van der Waals surface area contributed by atoms with Crippen LogP contribution in [0.25, 0.3) is 0 Å². The van der Waals surface area contributed by atoms with E-state index in [-0.39, 0.29) is 5.96 Å². The van der Waals surface area contributed by atoms with E-state index in [0.717, 1.165) is 6.42 Å². The highest BCUT2D eigenvalue weighted by atomic mass is 127. The molecule has 0 unspecified atom stereocenters. The van der Waals surface area contributed by atoms with Gasteiger partial charge in [0.25, 0.3) is 0 Å². The van der Waals surface area contributed by atoms with Gasteiger partial charge in [0.2, 0.25) is 5.96 Å². The summed E-state index contributed by atoms with van der Waals surface area (Å²) in [4.78, 5) is 19.0. The van der Waals surface area contributed by atoms with Gasteiger partial charge in [0.15, 0.2) is 6.04 Å². The van der Waals surface area contributed by atoms with Gasteiger partial charge in [0.1, 0.15) is 5.84 Å². The van der Waals surface area contributed by atoms with Crippen molar-refractivity contribution in [3.8, 4) is 0 Å². The lowest BCUT2D eigenvalue weighted by Gasteiger charge is -2.12. The van der Waals surface area contributed by atoms with Crippen LogP contribution < -0.4 is 11.2 Å². The number of unbranched alkanes of at least 4 members (excludes halogenated alkanes) is 1. The van der Waals surface area contributed by atoms with Crippen LogP contribution in [0.15, 0.2) is 9.98 Å². The average molecular weight is 385 g/mol. The molecule has 8 nitrogen and oxygen atoms in total. The maximum absolute atomic E-state index is 11.0. The van der Waals surface area contributed by atoms with Gasteiger partial charge in [-0.3, -0.25) is 18.8 Å². The lowest BCUT2D eigenvalue weighted by molar-refractivity contribution is -0.138. The molecule has 0 amide bonds. The summed E-state index contributed by atoms with van der Waals surface area (Å²) < 4.78 is 1.54. The lowest BCUT2D eigenvalue weighted by atomic mass is 10.1. The smallest absolute Gasteiger partial charge is 0.328 e. The van der Waals surface area contributed by atoms with Crippen LogP contribution in [-0.2, 0) is 4.79 Å². The molecule has 0 rings (SSSR count). The first kappa shape index (κ1) is 17.9. The fourth-order valence-electron chi connectivity index (χ4n) is 1.21. The molecule has 0 saturated heterocycles. The number of halogens is 1. The Kier molecular flexibility index (Phi) is 9.21. The van der Waals surface area contributed by atoms with E-state index in [1.165, 1.54) is 3.11 Å². The van der Waals surface area contributed by atoms with E-state index in [9.17, 15) is 4.79 Å². The standard InChI is InChI=1S/C10H20IN5O3/c1-7(15-19)13-6-4-3-5-8(9(17)18)14-10(12)16(2)11/h8,19H,3-6H2,1-2H3,(H2,12,14)(H,13,15)(H,17,18)/t8-/m0/s1. The van der Waals surface area contributed by atoms with Gasteiger partial charge in [-0.05, 0) is 26.2 Å². The highest BCUT2D eigenvalue weighted by Crippen LogP contribution is 2.07. The molecule has 1 atom stereocenters. The zero-order chi connectivity index (χ0) is 14.8. The van der Waals surface area contributed by atoms with E-state index in [2.05, 4.69) is 9.98 Å². The van der Waals surface area contributed by atoms with Crippen LogP contribution in [0.5, 0.6) is 0 Å². The van der Waals surface area contributed by atoms with Gasteiger partial charge in [-0.1, -0.05) is 0 Å². The van der Waals surface area contributed by atoms with Crippen molar-refractivity contribution in [2.45, 2.75) is 32.2 Å². The summed E-state index contributed by atoms with van der Waals surface area (Å²) >= 11 is 1.92. The summed E-state index contributed by atoms with van der Waals surface area (Å²) in [5, 5.41) is 17.5. The number of aliphatic imine (C=N–C) groups is 2. The van der Waals surface area contributed by atoms with E-state index in [4.69, 9.17) is 16.0 Å². The van der Waals surface area contributed by atoms with Crippen LogP contribution in [0.1, 0.15) is 26.2 Å². The molecular weight excluding hydrogens is 365 g/mol. The summed E-state index contributed by atoms with van der Waals surface area (Å²) in [6.45, 7) is 2.17. The van der Waals surface area contributed by atoms with Crippen LogP contribution in [0.4, 0.5) is 0 Å². The monoisotopic (exact) mass is 385 g/mol. The normalized spacial score (nSPS) is 14.1. The number of hydrogen-bond acceptors (Lipinski definition) is 4. The third-order valence-electron chi connectivity index (χ3n) is 2.29. The van der Waals surface area contributed by atoms with Crippen molar-refractivity contribution in [2.75, 3.05) is 13.6 Å². The van der Waals surface area contributed by atoms with Crippen molar-refractivity contribution in [1.82, 2.24) is 8.59 Å². The van der Waals surface area contributed by atoms with Crippen LogP contribution in [0.2, 0.25) is 0 Å². The van der Waals surface area contributed by atoms with Crippen LogP contribution >= 0.6 is 22.9 Å². The van der Waals surface area contributed by atoms with Gasteiger partial charge >= 0.3 is 5.97 Å². The number of amidine groups is 1. The first-order chi connectivity index (χ1) is 8.88. The lowest BCUT2D eigenvalue weighted by Crippen LogP contribution is -2.30. The number of carbonyl (C=O) groups is 1. The second-order valence-electron chi connectivity index (χ2n) is 3.89. The van der Waals surface area contributed by atoms with Crippen molar-refractivity contribution in [3.63, 3.8) is 0 Å². The van der Waals surface area contributed by atoms with Gasteiger partial charge in [0, 0.05) is 13.6 Å². The molecule has 0 aromatic carbocycles. The molecule has 0 spiro atoms. The molecule has 0 aromatic heterocycles. The number of nitrogens with one attached hydrogen (secondary N) is 1. The van der Waals surface area contributed by atoms with E-state index >= 15 is 0 Å². The Morgan fingerprint density at radius 2 is 2.16 bits per heavy atom. The first-order valence-corrected chi connectivity index (χ1v) is 6.71. The molecule has 110 valence electrons.